The van der Waals surface area contributed by atoms with Crippen molar-refractivity contribution in [1.29, 1.82) is 0 Å². The molecule has 0 aliphatic carbocycles. The van der Waals surface area contributed by atoms with Crippen LogP contribution in [0.4, 0.5) is 0 Å². The molecule has 3 unspecified atom stereocenters. The molecule has 7 nitrogen and oxygen atoms in total. The highest BCUT2D eigenvalue weighted by Gasteiger charge is 2.40. The van der Waals surface area contributed by atoms with Gasteiger partial charge in [-0.1, -0.05) is 60.5 Å². The third-order valence-electron chi connectivity index (χ3n) is 7.18. The minimum Gasteiger partial charge on any atom is -0.478 e. The lowest BCUT2D eigenvalue weighted by atomic mass is 9.84. The first kappa shape index (κ1) is 29.1. The third kappa shape index (κ3) is 7.83. The van der Waals surface area contributed by atoms with Crippen LogP contribution < -0.4 is 5.32 Å². The molecule has 0 bridgehead atoms. The Morgan fingerprint density at radius 3 is 2.24 bits per heavy atom. The van der Waals surface area contributed by atoms with Gasteiger partial charge in [-0.15, -0.1) is 0 Å². The summed E-state index contributed by atoms with van der Waals surface area (Å²) < 4.78 is 0. The molecule has 1 aliphatic heterocycles. The summed E-state index contributed by atoms with van der Waals surface area (Å²) in [5, 5.41) is 12.5. The normalized spacial score (nSPS) is 21.6. The topological polar surface area (TPSA) is 90.0 Å². The number of likely N-dealkylation sites (tertiary alicyclic amines) is 1. The fraction of sp³-hybridized carbons (Fsp3) is 0.808. The van der Waals surface area contributed by atoms with Crippen molar-refractivity contribution in [3.63, 3.8) is 0 Å². The van der Waals surface area contributed by atoms with Crippen LogP contribution in [0, 0.1) is 11.3 Å². The highest BCUT2D eigenvalue weighted by atomic mass is 16.4. The Kier molecular flexibility index (Phi) is 11.1. The Hall–Kier alpha value is -1.89. The fourth-order valence-corrected chi connectivity index (χ4v) is 4.46. The molecule has 1 rings (SSSR count). The van der Waals surface area contributed by atoms with E-state index in [2.05, 4.69) is 24.1 Å². The first-order chi connectivity index (χ1) is 15.3. The van der Waals surface area contributed by atoms with Gasteiger partial charge in [-0.2, -0.15) is 0 Å². The summed E-state index contributed by atoms with van der Waals surface area (Å²) in [5.41, 5.74) is -0.287. The van der Waals surface area contributed by atoms with Crippen LogP contribution in [0.15, 0.2) is 11.6 Å². The maximum absolute atomic E-state index is 13.7. The molecule has 33 heavy (non-hydrogen) atoms. The molecule has 0 radical (unpaired) electrons. The molecule has 0 aromatic rings. The van der Waals surface area contributed by atoms with Crippen molar-refractivity contribution in [2.75, 3.05) is 13.6 Å². The van der Waals surface area contributed by atoms with Gasteiger partial charge in [0.2, 0.25) is 11.8 Å². The molecule has 2 N–H and O–H groups in total. The first-order valence-corrected chi connectivity index (χ1v) is 12.5. The Balaban J connectivity index is 3.20. The number of amides is 2. The van der Waals surface area contributed by atoms with Gasteiger partial charge in [0.25, 0.3) is 0 Å². The molecule has 0 saturated carbocycles. The van der Waals surface area contributed by atoms with E-state index < -0.39 is 17.4 Å². The highest BCUT2D eigenvalue weighted by Crippen LogP contribution is 2.26. The maximum atomic E-state index is 13.7. The van der Waals surface area contributed by atoms with Gasteiger partial charge in [-0.3, -0.25) is 14.5 Å². The highest BCUT2D eigenvalue weighted by molar-refractivity contribution is 5.91. The monoisotopic (exact) mass is 465 g/mol. The number of hydrogen-bond donors (Lipinski definition) is 2. The Labute approximate surface area is 201 Å². The van der Waals surface area contributed by atoms with Crippen LogP contribution in [0.2, 0.25) is 0 Å². The Bertz CT molecular complexity index is 713. The zero-order valence-electron chi connectivity index (χ0n) is 22.3. The predicted octanol–water partition coefficient (Wildman–Crippen LogP) is 4.07. The number of aliphatic carboxylic acids is 1. The zero-order chi connectivity index (χ0) is 25.5. The number of piperidine rings is 1. The smallest absolute Gasteiger partial charge is 0.331 e. The number of carboxylic acid groups (broad SMARTS) is 1. The third-order valence-corrected chi connectivity index (χ3v) is 7.18. The quantitative estimate of drug-likeness (QED) is 0.475. The van der Waals surface area contributed by atoms with Gasteiger partial charge in [0, 0.05) is 18.7 Å². The van der Waals surface area contributed by atoms with Crippen LogP contribution >= 0.6 is 0 Å². The fourth-order valence-electron chi connectivity index (χ4n) is 4.46. The van der Waals surface area contributed by atoms with Crippen LogP contribution in [0.5, 0.6) is 0 Å². The molecule has 0 aromatic heterocycles. The van der Waals surface area contributed by atoms with Crippen LogP contribution in [-0.2, 0) is 14.4 Å². The average molecular weight is 466 g/mol. The zero-order valence-corrected chi connectivity index (χ0v) is 22.3. The lowest BCUT2D eigenvalue weighted by Gasteiger charge is -2.41. The second-order valence-corrected chi connectivity index (χ2v) is 10.8. The van der Waals surface area contributed by atoms with Gasteiger partial charge >= 0.3 is 5.97 Å². The van der Waals surface area contributed by atoms with Crippen molar-refractivity contribution in [2.24, 2.45) is 11.3 Å². The van der Waals surface area contributed by atoms with Gasteiger partial charge in [0.05, 0.1) is 12.1 Å². The molecule has 1 fully saturated rings. The molecular formula is C26H47N3O4. The van der Waals surface area contributed by atoms with Crippen LogP contribution in [0.3, 0.4) is 0 Å². The molecule has 5 atom stereocenters. The number of rotatable bonds is 10. The minimum atomic E-state index is -0.993. The molecule has 1 heterocycles. The number of nitrogens with zero attached hydrogens (tertiary/aromatic N) is 2. The van der Waals surface area contributed by atoms with Crippen molar-refractivity contribution in [3.8, 4) is 0 Å². The van der Waals surface area contributed by atoms with Gasteiger partial charge < -0.3 is 15.3 Å². The SMILES string of the molecule is CCC(C)N1CCCCC1C(=O)NC(C(=O)N(C)[C@H](/C=C(\C)C(=O)O)[C@@H](C)CC)C(C)(C)C. The van der Waals surface area contributed by atoms with Crippen molar-refractivity contribution >= 4 is 17.8 Å². The molecule has 7 heteroatoms. The van der Waals surface area contributed by atoms with Crippen LogP contribution in [0.1, 0.15) is 87.5 Å². The molecule has 190 valence electrons. The summed E-state index contributed by atoms with van der Waals surface area (Å²) >= 11 is 0. The molecule has 0 aromatic carbocycles. The van der Waals surface area contributed by atoms with Crippen molar-refractivity contribution < 1.29 is 19.5 Å². The summed E-state index contributed by atoms with van der Waals surface area (Å²) in [6, 6.07) is -0.991. The lowest BCUT2D eigenvalue weighted by molar-refractivity contribution is -0.142. The number of hydrogen-bond acceptors (Lipinski definition) is 4. The minimum absolute atomic E-state index is 0.0730. The van der Waals surface area contributed by atoms with E-state index in [1.54, 1.807) is 24.9 Å². The number of likely N-dealkylation sites (N-methyl/N-ethyl adjacent to an activating group) is 1. The standard InChI is InChI=1S/C26H47N3O4/c1-10-17(3)21(16-18(4)25(32)33)28(9)24(31)22(26(6,7)8)27-23(30)20-14-12-13-15-29(20)19(5)11-2/h16-17,19-22H,10-15H2,1-9H3,(H,27,30)(H,32,33)/b18-16+/t17-,19?,20?,21+,22?/m0/s1. The van der Waals surface area contributed by atoms with Gasteiger partial charge in [-0.25, -0.2) is 4.79 Å². The molecular weight excluding hydrogens is 418 g/mol. The van der Waals surface area contributed by atoms with Crippen molar-refractivity contribution in [3.05, 3.63) is 11.6 Å². The van der Waals surface area contributed by atoms with E-state index in [1.807, 2.05) is 34.6 Å². The predicted molar refractivity (Wildman–Crippen MR) is 133 cm³/mol. The van der Waals surface area contributed by atoms with Crippen molar-refractivity contribution in [2.45, 2.75) is 112 Å². The largest absolute Gasteiger partial charge is 0.478 e. The van der Waals surface area contributed by atoms with E-state index in [1.165, 1.54) is 0 Å². The van der Waals surface area contributed by atoms with E-state index in [0.717, 1.165) is 38.6 Å². The van der Waals surface area contributed by atoms with E-state index in [9.17, 15) is 19.5 Å². The molecule has 1 saturated heterocycles. The van der Waals surface area contributed by atoms with Crippen molar-refractivity contribution in [1.82, 2.24) is 15.1 Å². The first-order valence-electron chi connectivity index (χ1n) is 12.5. The van der Waals surface area contributed by atoms with Gasteiger partial charge in [0.1, 0.15) is 6.04 Å². The van der Waals surface area contributed by atoms with E-state index in [4.69, 9.17) is 0 Å². The van der Waals surface area contributed by atoms with Gasteiger partial charge in [-0.05, 0) is 51.0 Å². The summed E-state index contributed by atoms with van der Waals surface area (Å²) in [6.45, 7) is 16.6. The molecule has 2 amide bonds. The lowest BCUT2D eigenvalue weighted by Crippen LogP contribution is -2.60. The summed E-state index contributed by atoms with van der Waals surface area (Å²) in [4.78, 5) is 42.5. The van der Waals surface area contributed by atoms with E-state index in [-0.39, 0.29) is 35.4 Å². The Morgan fingerprint density at radius 1 is 1.15 bits per heavy atom. The number of carbonyl (C=O) groups excluding carboxylic acids is 2. The van der Waals surface area contributed by atoms with Crippen LogP contribution in [0.25, 0.3) is 0 Å². The second kappa shape index (κ2) is 12.5. The van der Waals surface area contributed by atoms with E-state index in [0.29, 0.717) is 6.04 Å². The average Bonchev–Trinajstić information content (AvgIpc) is 2.77. The number of carbonyl (C=O) groups is 3. The second-order valence-electron chi connectivity index (χ2n) is 10.8. The van der Waals surface area contributed by atoms with Crippen LogP contribution in [-0.4, -0.2) is 70.4 Å². The molecule has 0 spiro atoms. The summed E-state index contributed by atoms with van der Waals surface area (Å²) in [7, 11) is 1.71. The maximum Gasteiger partial charge on any atom is 0.331 e. The molecule has 1 aliphatic rings. The Morgan fingerprint density at radius 2 is 1.76 bits per heavy atom. The van der Waals surface area contributed by atoms with E-state index >= 15 is 0 Å². The summed E-state index contributed by atoms with van der Waals surface area (Å²) in [5.74, 6) is -1.20. The van der Waals surface area contributed by atoms with Gasteiger partial charge in [0.15, 0.2) is 0 Å². The number of nitrogens with one attached hydrogen (secondary N) is 1. The number of carboxylic acids is 1. The summed E-state index contributed by atoms with van der Waals surface area (Å²) in [6.07, 6.45) is 6.32.